The molecule has 1 aromatic carbocycles. The predicted molar refractivity (Wildman–Crippen MR) is 109 cm³/mol. The molecule has 158 valence electrons. The van der Waals surface area contributed by atoms with Gasteiger partial charge in [0.05, 0.1) is 18.3 Å². The molecule has 0 unspecified atom stereocenters. The summed E-state index contributed by atoms with van der Waals surface area (Å²) in [6.45, 7) is 2.42. The third kappa shape index (κ3) is 4.20. The van der Waals surface area contributed by atoms with Crippen LogP contribution in [0.2, 0.25) is 0 Å². The smallest absolute Gasteiger partial charge is 0.226 e. The van der Waals surface area contributed by atoms with Gasteiger partial charge in [0.1, 0.15) is 0 Å². The van der Waals surface area contributed by atoms with Crippen LogP contribution in [0.1, 0.15) is 53.1 Å². The zero-order chi connectivity index (χ0) is 21.1. The lowest BCUT2D eigenvalue weighted by atomic mass is 9.93. The van der Waals surface area contributed by atoms with Crippen LogP contribution in [0, 0.1) is 0 Å². The lowest BCUT2D eigenvalue weighted by molar-refractivity contribution is -0.112. The van der Waals surface area contributed by atoms with Gasteiger partial charge in [0, 0.05) is 38.8 Å². The highest BCUT2D eigenvalue weighted by molar-refractivity contribution is 5.96. The Morgan fingerprint density at radius 1 is 1.33 bits per heavy atom. The van der Waals surface area contributed by atoms with Gasteiger partial charge in [-0.15, -0.1) is 0 Å². The van der Waals surface area contributed by atoms with Crippen molar-refractivity contribution in [3.8, 4) is 11.4 Å². The molecule has 2 aromatic heterocycles. The Hall–Kier alpha value is -2.84. The summed E-state index contributed by atoms with van der Waals surface area (Å²) in [4.78, 5) is 17.2. The number of carbonyl (C=O) groups excluding carboxylic acids is 1. The maximum absolute atomic E-state index is 12.8. The van der Waals surface area contributed by atoms with Gasteiger partial charge >= 0.3 is 0 Å². The number of ether oxygens (including phenoxy) is 2. The standard InChI is InChI=1S/C22H26N4O4/c1-4-20-24-22(25-30-20)16-7-8-18-14(9-16)5-6-15(18)10-19(27)17-11-23-26(12-17)13-21(28-2)29-3/h7-9,11-12,15,21H,4-6,10,13H2,1-3H3/t15-/m0/s1. The average Bonchev–Trinajstić information content (AvgIpc) is 3.51. The van der Waals surface area contributed by atoms with E-state index >= 15 is 0 Å². The highest BCUT2D eigenvalue weighted by atomic mass is 16.7. The summed E-state index contributed by atoms with van der Waals surface area (Å²) < 4.78 is 17.3. The molecule has 0 N–H and O–H groups in total. The molecule has 8 heteroatoms. The Labute approximate surface area is 175 Å². The number of aryl methyl sites for hydroxylation is 2. The number of fused-ring (bicyclic) bond motifs is 1. The van der Waals surface area contributed by atoms with E-state index in [4.69, 9.17) is 14.0 Å². The van der Waals surface area contributed by atoms with E-state index in [1.807, 2.05) is 13.0 Å². The topological polar surface area (TPSA) is 92.3 Å². The van der Waals surface area contributed by atoms with E-state index < -0.39 is 6.29 Å². The fraction of sp³-hybridized carbons (Fsp3) is 0.455. The Morgan fingerprint density at radius 2 is 2.17 bits per heavy atom. The van der Waals surface area contributed by atoms with Crippen LogP contribution in [0.5, 0.6) is 0 Å². The third-order valence-corrected chi connectivity index (χ3v) is 5.62. The number of methoxy groups -OCH3 is 2. The number of Topliss-reactive ketones (excluding diaryl/α,β-unsaturated/α-hetero) is 1. The molecule has 2 heterocycles. The number of aromatic nitrogens is 4. The van der Waals surface area contributed by atoms with Crippen LogP contribution in [-0.4, -0.2) is 46.2 Å². The Bertz CT molecular complexity index is 1020. The Balaban J connectivity index is 1.43. The lowest BCUT2D eigenvalue weighted by Gasteiger charge is -2.12. The highest BCUT2D eigenvalue weighted by Crippen LogP contribution is 2.38. The number of benzene rings is 1. The van der Waals surface area contributed by atoms with Gasteiger partial charge in [-0.2, -0.15) is 10.1 Å². The molecule has 0 fully saturated rings. The van der Waals surface area contributed by atoms with Crippen molar-refractivity contribution in [3.05, 3.63) is 53.2 Å². The van der Waals surface area contributed by atoms with E-state index in [-0.39, 0.29) is 11.7 Å². The van der Waals surface area contributed by atoms with Crippen LogP contribution in [0.15, 0.2) is 35.1 Å². The monoisotopic (exact) mass is 410 g/mol. The summed E-state index contributed by atoms with van der Waals surface area (Å²) in [6.07, 6.45) is 6.08. The summed E-state index contributed by atoms with van der Waals surface area (Å²) in [5.41, 5.74) is 4.06. The molecule has 0 saturated carbocycles. The molecule has 0 spiro atoms. The first-order chi connectivity index (χ1) is 14.6. The lowest BCUT2D eigenvalue weighted by Crippen LogP contribution is -2.20. The zero-order valence-corrected chi connectivity index (χ0v) is 17.5. The van der Waals surface area contributed by atoms with Crippen LogP contribution < -0.4 is 0 Å². The normalized spacial score (nSPS) is 15.7. The van der Waals surface area contributed by atoms with Gasteiger partial charge in [0.15, 0.2) is 12.1 Å². The molecule has 4 rings (SSSR count). The second-order valence-electron chi connectivity index (χ2n) is 7.49. The Morgan fingerprint density at radius 3 is 2.90 bits per heavy atom. The Kier molecular flexibility index (Phi) is 6.06. The first-order valence-corrected chi connectivity index (χ1v) is 10.2. The van der Waals surface area contributed by atoms with E-state index in [0.29, 0.717) is 30.2 Å². The summed E-state index contributed by atoms with van der Waals surface area (Å²) in [6, 6.07) is 6.24. The van der Waals surface area contributed by atoms with Crippen molar-refractivity contribution in [2.45, 2.75) is 51.4 Å². The number of rotatable bonds is 9. The van der Waals surface area contributed by atoms with Gasteiger partial charge in [-0.25, -0.2) is 0 Å². The first-order valence-electron chi connectivity index (χ1n) is 10.2. The van der Waals surface area contributed by atoms with E-state index in [1.54, 1.807) is 31.3 Å². The van der Waals surface area contributed by atoms with Gasteiger partial charge in [-0.3, -0.25) is 9.48 Å². The molecule has 1 aliphatic rings. The quantitative estimate of drug-likeness (QED) is 0.394. The fourth-order valence-corrected chi connectivity index (χ4v) is 3.92. The molecule has 1 atom stereocenters. The number of ketones is 1. The van der Waals surface area contributed by atoms with Crippen molar-refractivity contribution >= 4 is 5.78 Å². The van der Waals surface area contributed by atoms with Gasteiger partial charge in [0.2, 0.25) is 11.7 Å². The van der Waals surface area contributed by atoms with E-state index in [2.05, 4.69) is 27.4 Å². The highest BCUT2D eigenvalue weighted by Gasteiger charge is 2.26. The fourth-order valence-electron chi connectivity index (χ4n) is 3.92. The molecular formula is C22H26N4O4. The average molecular weight is 410 g/mol. The van der Waals surface area contributed by atoms with Crippen molar-refractivity contribution in [1.82, 2.24) is 19.9 Å². The predicted octanol–water partition coefficient (Wildman–Crippen LogP) is 3.42. The van der Waals surface area contributed by atoms with Crippen molar-refractivity contribution in [2.24, 2.45) is 0 Å². The maximum atomic E-state index is 12.8. The number of carbonyl (C=O) groups is 1. The zero-order valence-electron chi connectivity index (χ0n) is 17.5. The minimum absolute atomic E-state index is 0.0975. The maximum Gasteiger partial charge on any atom is 0.226 e. The molecule has 0 radical (unpaired) electrons. The summed E-state index contributed by atoms with van der Waals surface area (Å²) in [5, 5.41) is 8.32. The van der Waals surface area contributed by atoms with Crippen molar-refractivity contribution in [3.63, 3.8) is 0 Å². The molecule has 30 heavy (non-hydrogen) atoms. The van der Waals surface area contributed by atoms with Crippen LogP contribution in [0.3, 0.4) is 0 Å². The summed E-state index contributed by atoms with van der Waals surface area (Å²) in [7, 11) is 3.15. The second kappa shape index (κ2) is 8.89. The third-order valence-electron chi connectivity index (χ3n) is 5.62. The minimum atomic E-state index is -0.392. The van der Waals surface area contributed by atoms with E-state index in [0.717, 1.165) is 24.8 Å². The van der Waals surface area contributed by atoms with Crippen molar-refractivity contribution in [2.75, 3.05) is 14.2 Å². The van der Waals surface area contributed by atoms with Gasteiger partial charge in [0.25, 0.3) is 0 Å². The molecule has 0 amide bonds. The van der Waals surface area contributed by atoms with Crippen LogP contribution in [0.25, 0.3) is 11.4 Å². The molecule has 0 saturated heterocycles. The molecule has 8 nitrogen and oxygen atoms in total. The van der Waals surface area contributed by atoms with Gasteiger partial charge in [-0.05, 0) is 36.0 Å². The summed E-state index contributed by atoms with van der Waals surface area (Å²) in [5.74, 6) is 1.57. The number of hydrogen-bond donors (Lipinski definition) is 0. The molecular weight excluding hydrogens is 384 g/mol. The second-order valence-corrected chi connectivity index (χ2v) is 7.49. The van der Waals surface area contributed by atoms with E-state index in [9.17, 15) is 4.79 Å². The minimum Gasteiger partial charge on any atom is -0.354 e. The van der Waals surface area contributed by atoms with Crippen LogP contribution in [0.4, 0.5) is 0 Å². The van der Waals surface area contributed by atoms with Crippen molar-refractivity contribution in [1.29, 1.82) is 0 Å². The van der Waals surface area contributed by atoms with Crippen LogP contribution in [-0.2, 0) is 28.9 Å². The largest absolute Gasteiger partial charge is 0.354 e. The first kappa shape index (κ1) is 20.4. The molecule has 0 bridgehead atoms. The SMILES string of the molecule is CCc1nc(-c2ccc3c(c2)CC[C@H]3CC(=O)c2cnn(CC(OC)OC)c2)no1. The van der Waals surface area contributed by atoms with Crippen molar-refractivity contribution < 1.29 is 18.8 Å². The number of hydrogen-bond acceptors (Lipinski definition) is 7. The molecule has 1 aliphatic carbocycles. The van der Waals surface area contributed by atoms with Gasteiger partial charge < -0.3 is 14.0 Å². The summed E-state index contributed by atoms with van der Waals surface area (Å²) >= 11 is 0. The molecule has 3 aromatic rings. The van der Waals surface area contributed by atoms with Gasteiger partial charge in [-0.1, -0.05) is 24.2 Å². The number of nitrogens with zero attached hydrogens (tertiary/aromatic N) is 4. The van der Waals surface area contributed by atoms with E-state index in [1.165, 1.54) is 11.1 Å². The molecule has 0 aliphatic heterocycles. The van der Waals surface area contributed by atoms with Crippen LogP contribution >= 0.6 is 0 Å².